The molecule has 2 amide bonds. The van der Waals surface area contributed by atoms with E-state index in [0.717, 1.165) is 13.1 Å². The second-order valence-electron chi connectivity index (χ2n) is 5.12. The number of ether oxygens (including phenoxy) is 1. The molecule has 3 heterocycles. The summed E-state index contributed by atoms with van der Waals surface area (Å²) >= 11 is 1.22. The fraction of sp³-hybridized carbons (Fsp3) is 0.357. The first-order valence-corrected chi connectivity index (χ1v) is 8.20. The SMILES string of the molecule is NC(=O)Cc1csc(NC(=O)c2ccc(N3CCOCC3)nn2)n1. The Kier molecular flexibility index (Phi) is 4.96. The van der Waals surface area contributed by atoms with Gasteiger partial charge >= 0.3 is 0 Å². The molecule has 1 fully saturated rings. The summed E-state index contributed by atoms with van der Waals surface area (Å²) in [7, 11) is 0. The maximum Gasteiger partial charge on any atom is 0.277 e. The molecule has 126 valence electrons. The quantitative estimate of drug-likeness (QED) is 0.782. The summed E-state index contributed by atoms with van der Waals surface area (Å²) in [6, 6.07) is 3.37. The highest BCUT2D eigenvalue weighted by Crippen LogP contribution is 2.17. The third kappa shape index (κ3) is 4.03. The summed E-state index contributed by atoms with van der Waals surface area (Å²) in [5, 5.41) is 12.7. The summed E-state index contributed by atoms with van der Waals surface area (Å²) < 4.78 is 5.29. The molecule has 0 saturated carbocycles. The molecule has 1 aliphatic heterocycles. The van der Waals surface area contributed by atoms with Crippen molar-refractivity contribution in [2.75, 3.05) is 36.5 Å². The number of carbonyl (C=O) groups excluding carboxylic acids is 2. The molecule has 2 aromatic heterocycles. The van der Waals surface area contributed by atoms with Gasteiger partial charge in [-0.15, -0.1) is 21.5 Å². The maximum absolute atomic E-state index is 12.2. The average Bonchev–Trinajstić information content (AvgIpc) is 3.02. The number of rotatable bonds is 5. The Bertz CT molecular complexity index is 726. The Morgan fingerprint density at radius 2 is 2.08 bits per heavy atom. The van der Waals surface area contributed by atoms with E-state index in [1.165, 1.54) is 11.3 Å². The number of morpholine rings is 1. The van der Waals surface area contributed by atoms with Crippen molar-refractivity contribution in [1.82, 2.24) is 15.2 Å². The van der Waals surface area contributed by atoms with Crippen LogP contribution in [0.5, 0.6) is 0 Å². The number of nitrogens with zero attached hydrogens (tertiary/aromatic N) is 4. The lowest BCUT2D eigenvalue weighted by Crippen LogP contribution is -2.37. The first-order valence-electron chi connectivity index (χ1n) is 7.32. The van der Waals surface area contributed by atoms with Crippen molar-refractivity contribution >= 4 is 34.1 Å². The van der Waals surface area contributed by atoms with Gasteiger partial charge in [-0.2, -0.15) is 0 Å². The number of carbonyl (C=O) groups is 2. The van der Waals surface area contributed by atoms with E-state index in [2.05, 4.69) is 25.4 Å². The molecule has 10 heteroatoms. The lowest BCUT2D eigenvalue weighted by atomic mass is 10.3. The second-order valence-corrected chi connectivity index (χ2v) is 5.98. The fourth-order valence-electron chi connectivity index (χ4n) is 2.19. The predicted octanol–water partition coefficient (Wildman–Crippen LogP) is 0.0498. The predicted molar refractivity (Wildman–Crippen MR) is 88.0 cm³/mol. The number of anilines is 2. The van der Waals surface area contributed by atoms with E-state index in [9.17, 15) is 9.59 Å². The van der Waals surface area contributed by atoms with Crippen LogP contribution in [-0.4, -0.2) is 53.3 Å². The van der Waals surface area contributed by atoms with Crippen LogP contribution in [0.25, 0.3) is 0 Å². The molecule has 3 rings (SSSR count). The number of nitrogens with two attached hydrogens (primary N) is 1. The van der Waals surface area contributed by atoms with E-state index >= 15 is 0 Å². The third-order valence-electron chi connectivity index (χ3n) is 3.35. The van der Waals surface area contributed by atoms with Crippen LogP contribution in [0.1, 0.15) is 16.2 Å². The summed E-state index contributed by atoms with van der Waals surface area (Å²) in [6.07, 6.45) is 0.0421. The van der Waals surface area contributed by atoms with Gasteiger partial charge in [-0.05, 0) is 12.1 Å². The summed E-state index contributed by atoms with van der Waals surface area (Å²) in [5.74, 6) is -0.161. The zero-order chi connectivity index (χ0) is 16.9. The highest BCUT2D eigenvalue weighted by molar-refractivity contribution is 7.14. The van der Waals surface area contributed by atoms with Crippen LogP contribution in [0.2, 0.25) is 0 Å². The van der Waals surface area contributed by atoms with Crippen molar-refractivity contribution in [2.24, 2.45) is 5.73 Å². The van der Waals surface area contributed by atoms with Gasteiger partial charge in [-0.1, -0.05) is 0 Å². The molecule has 0 spiro atoms. The van der Waals surface area contributed by atoms with E-state index in [4.69, 9.17) is 10.5 Å². The molecule has 0 bridgehead atoms. The topological polar surface area (TPSA) is 123 Å². The van der Waals surface area contributed by atoms with Crippen molar-refractivity contribution in [3.63, 3.8) is 0 Å². The van der Waals surface area contributed by atoms with Crippen LogP contribution in [0.4, 0.5) is 10.9 Å². The van der Waals surface area contributed by atoms with Gasteiger partial charge in [0.2, 0.25) is 5.91 Å². The van der Waals surface area contributed by atoms with Crippen LogP contribution in [0.3, 0.4) is 0 Å². The molecule has 3 N–H and O–H groups in total. The van der Waals surface area contributed by atoms with E-state index in [-0.39, 0.29) is 12.1 Å². The minimum Gasteiger partial charge on any atom is -0.378 e. The van der Waals surface area contributed by atoms with Gasteiger partial charge in [0, 0.05) is 18.5 Å². The van der Waals surface area contributed by atoms with Crippen LogP contribution in [0.15, 0.2) is 17.5 Å². The molecule has 0 atom stereocenters. The lowest BCUT2D eigenvalue weighted by Gasteiger charge is -2.27. The van der Waals surface area contributed by atoms with E-state index < -0.39 is 11.8 Å². The molecular formula is C14H16N6O3S. The first-order chi connectivity index (χ1) is 11.6. The first kappa shape index (κ1) is 16.3. The highest BCUT2D eigenvalue weighted by Gasteiger charge is 2.15. The molecule has 2 aromatic rings. The number of aromatic nitrogens is 3. The Hall–Kier alpha value is -2.59. The van der Waals surface area contributed by atoms with Gasteiger partial charge in [-0.25, -0.2) is 4.98 Å². The van der Waals surface area contributed by atoms with Crippen molar-refractivity contribution in [3.05, 3.63) is 28.9 Å². The number of hydrogen-bond acceptors (Lipinski definition) is 8. The molecular weight excluding hydrogens is 332 g/mol. The molecule has 24 heavy (non-hydrogen) atoms. The van der Waals surface area contributed by atoms with Crippen molar-refractivity contribution in [2.45, 2.75) is 6.42 Å². The normalized spacial score (nSPS) is 14.4. The van der Waals surface area contributed by atoms with Crippen LogP contribution < -0.4 is 16.0 Å². The minimum absolute atomic E-state index is 0.0421. The van der Waals surface area contributed by atoms with Crippen molar-refractivity contribution in [3.8, 4) is 0 Å². The van der Waals surface area contributed by atoms with Gasteiger partial charge in [0.05, 0.1) is 25.3 Å². The lowest BCUT2D eigenvalue weighted by molar-refractivity contribution is -0.117. The second kappa shape index (κ2) is 7.32. The smallest absolute Gasteiger partial charge is 0.277 e. The zero-order valence-electron chi connectivity index (χ0n) is 12.8. The average molecular weight is 348 g/mol. The van der Waals surface area contributed by atoms with Gasteiger partial charge in [0.1, 0.15) is 0 Å². The molecule has 0 unspecified atom stereocenters. The highest BCUT2D eigenvalue weighted by atomic mass is 32.1. The number of hydrogen-bond donors (Lipinski definition) is 2. The zero-order valence-corrected chi connectivity index (χ0v) is 13.6. The Morgan fingerprint density at radius 3 is 2.75 bits per heavy atom. The molecule has 9 nitrogen and oxygen atoms in total. The number of nitrogens with one attached hydrogen (secondary N) is 1. The van der Waals surface area contributed by atoms with Gasteiger partial charge in [0.15, 0.2) is 16.6 Å². The Morgan fingerprint density at radius 1 is 1.29 bits per heavy atom. The van der Waals surface area contributed by atoms with Crippen LogP contribution >= 0.6 is 11.3 Å². The van der Waals surface area contributed by atoms with Crippen LogP contribution in [-0.2, 0) is 16.0 Å². The van der Waals surface area contributed by atoms with E-state index in [0.29, 0.717) is 29.9 Å². The minimum atomic E-state index is -0.470. The maximum atomic E-state index is 12.2. The van der Waals surface area contributed by atoms with Gasteiger partial charge < -0.3 is 15.4 Å². The van der Waals surface area contributed by atoms with Crippen molar-refractivity contribution < 1.29 is 14.3 Å². The molecule has 0 aromatic carbocycles. The summed E-state index contributed by atoms with van der Waals surface area (Å²) in [5.41, 5.74) is 5.83. The van der Waals surface area contributed by atoms with E-state index in [1.54, 1.807) is 17.5 Å². The Balaban J connectivity index is 1.62. The van der Waals surface area contributed by atoms with Gasteiger partial charge in [-0.3, -0.25) is 14.9 Å². The molecule has 1 saturated heterocycles. The number of amides is 2. The van der Waals surface area contributed by atoms with Crippen molar-refractivity contribution in [1.29, 1.82) is 0 Å². The molecule has 0 radical (unpaired) electrons. The third-order valence-corrected chi connectivity index (χ3v) is 4.15. The summed E-state index contributed by atoms with van der Waals surface area (Å²) in [6.45, 7) is 2.81. The van der Waals surface area contributed by atoms with Crippen LogP contribution in [0, 0.1) is 0 Å². The molecule has 1 aliphatic rings. The fourth-order valence-corrected chi connectivity index (χ4v) is 2.90. The summed E-state index contributed by atoms with van der Waals surface area (Å²) in [4.78, 5) is 29.2. The largest absolute Gasteiger partial charge is 0.378 e. The number of primary amides is 1. The monoisotopic (exact) mass is 348 g/mol. The molecule has 0 aliphatic carbocycles. The number of thiazole rings is 1. The Labute approximate surface area is 141 Å². The van der Waals surface area contributed by atoms with E-state index in [1.807, 2.05) is 0 Å². The van der Waals surface area contributed by atoms with Gasteiger partial charge in [0.25, 0.3) is 5.91 Å². The standard InChI is InChI=1S/C14H16N6O3S/c15-11(21)7-9-8-24-14(16-9)17-13(22)10-1-2-12(19-18-10)20-3-5-23-6-4-20/h1-2,8H,3-7H2,(H2,15,21)(H,16,17,22).